The molecular formula is C39H42FN3O6S. The number of anilines is 1. The Balaban J connectivity index is 1.39. The van der Waals surface area contributed by atoms with Gasteiger partial charge in [0.25, 0.3) is 10.0 Å². The first kappa shape index (κ1) is 34.9. The third-order valence-electron chi connectivity index (χ3n) is 9.19. The second-order valence-corrected chi connectivity index (χ2v) is 14.7. The Morgan fingerprint density at radius 1 is 0.840 bits per heavy atom. The first-order chi connectivity index (χ1) is 24.2. The molecule has 1 aliphatic carbocycles. The highest BCUT2D eigenvalue weighted by Crippen LogP contribution is 2.34. The number of aryl methyl sites for hydroxylation is 1. The molecule has 1 atom stereocenters. The van der Waals surface area contributed by atoms with Crippen molar-refractivity contribution in [3.63, 3.8) is 0 Å². The Morgan fingerprint density at radius 2 is 1.52 bits per heavy atom. The van der Waals surface area contributed by atoms with Gasteiger partial charge in [-0.1, -0.05) is 79.4 Å². The minimum Gasteiger partial charge on any atom is -0.486 e. The van der Waals surface area contributed by atoms with E-state index in [-0.39, 0.29) is 47.9 Å². The first-order valence-corrected chi connectivity index (χ1v) is 18.5. The van der Waals surface area contributed by atoms with Gasteiger partial charge in [-0.2, -0.15) is 0 Å². The summed E-state index contributed by atoms with van der Waals surface area (Å²) in [4.78, 5) is 30.3. The van der Waals surface area contributed by atoms with Crippen LogP contribution in [0.25, 0.3) is 0 Å². The number of amides is 2. The monoisotopic (exact) mass is 699 g/mol. The maximum absolute atomic E-state index is 14.7. The van der Waals surface area contributed by atoms with Crippen molar-refractivity contribution in [1.29, 1.82) is 0 Å². The normalized spacial score (nSPS) is 15.2. The van der Waals surface area contributed by atoms with E-state index >= 15 is 0 Å². The highest BCUT2D eigenvalue weighted by Gasteiger charge is 2.36. The number of hydrogen-bond donors (Lipinski definition) is 1. The predicted octanol–water partition coefficient (Wildman–Crippen LogP) is 6.19. The van der Waals surface area contributed by atoms with Crippen molar-refractivity contribution in [2.75, 3.05) is 24.1 Å². The van der Waals surface area contributed by atoms with Gasteiger partial charge in [0.15, 0.2) is 11.5 Å². The molecule has 0 radical (unpaired) electrons. The SMILES string of the molecule is Cc1ccc(CN(C(=O)CN(c2ccc(F)cc2)S(=O)(=O)c2ccc3c(c2)OCCO3)[C@@H](Cc2ccccc2)C(=O)NC2CCCCC2)cc1. The van der Waals surface area contributed by atoms with Crippen LogP contribution in [0.3, 0.4) is 0 Å². The lowest BCUT2D eigenvalue weighted by Gasteiger charge is -2.35. The van der Waals surface area contributed by atoms with Crippen molar-refractivity contribution >= 4 is 27.5 Å². The van der Waals surface area contributed by atoms with Crippen LogP contribution < -0.4 is 19.1 Å². The van der Waals surface area contributed by atoms with Crippen LogP contribution in [0.5, 0.6) is 11.5 Å². The molecule has 0 bridgehead atoms. The number of sulfonamides is 1. The summed E-state index contributed by atoms with van der Waals surface area (Å²) in [6.07, 6.45) is 5.11. The minimum absolute atomic E-state index is 0.00264. The van der Waals surface area contributed by atoms with Crippen LogP contribution in [0, 0.1) is 12.7 Å². The summed E-state index contributed by atoms with van der Waals surface area (Å²) in [5.41, 5.74) is 2.78. The fourth-order valence-electron chi connectivity index (χ4n) is 6.44. The molecule has 1 aliphatic heterocycles. The molecule has 0 aromatic heterocycles. The molecule has 4 aromatic carbocycles. The van der Waals surface area contributed by atoms with Crippen LogP contribution in [-0.4, -0.2) is 57.0 Å². The number of rotatable bonds is 12. The Labute approximate surface area is 293 Å². The standard InChI is InChI=1S/C39H42FN3O6S/c1-28-12-14-30(15-13-28)26-42(35(24-29-8-4-2-5-9-29)39(45)41-32-10-6-3-7-11-32)38(44)27-43(33-18-16-31(40)17-19-33)50(46,47)34-20-21-36-37(25-34)49-23-22-48-36/h2,4-5,8-9,12-21,25,32,35H,3,6-7,10-11,22-24,26-27H2,1H3,(H,41,45)/t35-/m0/s1. The second kappa shape index (κ2) is 15.8. The summed E-state index contributed by atoms with van der Waals surface area (Å²) in [6, 6.07) is 25.4. The molecule has 4 aromatic rings. The fourth-order valence-corrected chi connectivity index (χ4v) is 7.87. The van der Waals surface area contributed by atoms with E-state index in [0.717, 1.165) is 65.2 Å². The lowest BCUT2D eigenvalue weighted by molar-refractivity contribution is -0.140. The van der Waals surface area contributed by atoms with Crippen molar-refractivity contribution in [2.45, 2.75) is 69.0 Å². The van der Waals surface area contributed by atoms with Crippen molar-refractivity contribution in [3.05, 3.63) is 120 Å². The molecule has 0 spiro atoms. The van der Waals surface area contributed by atoms with Crippen LogP contribution >= 0.6 is 0 Å². The van der Waals surface area contributed by atoms with Gasteiger partial charge in [0.1, 0.15) is 31.6 Å². The van der Waals surface area contributed by atoms with E-state index in [0.29, 0.717) is 12.4 Å². The molecule has 6 rings (SSSR count). The van der Waals surface area contributed by atoms with Crippen molar-refractivity contribution in [3.8, 4) is 11.5 Å². The second-order valence-electron chi connectivity index (χ2n) is 12.8. The highest BCUT2D eigenvalue weighted by molar-refractivity contribution is 7.92. The molecule has 0 unspecified atom stereocenters. The van der Waals surface area contributed by atoms with E-state index in [1.807, 2.05) is 61.5 Å². The number of nitrogens with one attached hydrogen (secondary N) is 1. The Hall–Kier alpha value is -4.90. The summed E-state index contributed by atoms with van der Waals surface area (Å²) in [6.45, 7) is 1.99. The molecule has 50 heavy (non-hydrogen) atoms. The lowest BCUT2D eigenvalue weighted by atomic mass is 9.94. The molecule has 1 fully saturated rings. The quantitative estimate of drug-likeness (QED) is 0.189. The zero-order valence-corrected chi connectivity index (χ0v) is 28.9. The highest BCUT2D eigenvalue weighted by atomic mass is 32.2. The Bertz CT molecular complexity index is 1880. The maximum atomic E-state index is 14.7. The number of carbonyl (C=O) groups excluding carboxylic acids is 2. The Morgan fingerprint density at radius 3 is 2.22 bits per heavy atom. The molecular weight excluding hydrogens is 658 g/mol. The van der Waals surface area contributed by atoms with Crippen LogP contribution in [0.15, 0.2) is 102 Å². The van der Waals surface area contributed by atoms with E-state index in [4.69, 9.17) is 9.47 Å². The topological polar surface area (TPSA) is 105 Å². The summed E-state index contributed by atoms with van der Waals surface area (Å²) < 4.78 is 55.1. The summed E-state index contributed by atoms with van der Waals surface area (Å²) >= 11 is 0. The van der Waals surface area contributed by atoms with Gasteiger partial charge in [0, 0.05) is 25.1 Å². The van der Waals surface area contributed by atoms with E-state index in [9.17, 15) is 22.4 Å². The minimum atomic E-state index is -4.41. The van der Waals surface area contributed by atoms with Crippen LogP contribution in [-0.2, 0) is 32.6 Å². The van der Waals surface area contributed by atoms with Gasteiger partial charge in [-0.15, -0.1) is 0 Å². The number of carbonyl (C=O) groups is 2. The van der Waals surface area contributed by atoms with Gasteiger partial charge >= 0.3 is 0 Å². The average Bonchev–Trinajstić information content (AvgIpc) is 3.13. The average molecular weight is 700 g/mol. The number of nitrogens with zero attached hydrogens (tertiary/aromatic N) is 2. The zero-order chi connectivity index (χ0) is 35.1. The van der Waals surface area contributed by atoms with Gasteiger partial charge in [-0.25, -0.2) is 12.8 Å². The van der Waals surface area contributed by atoms with Crippen LogP contribution in [0.1, 0.15) is 48.8 Å². The molecule has 1 heterocycles. The number of halogens is 1. The molecule has 2 amide bonds. The van der Waals surface area contributed by atoms with Gasteiger partial charge in [0.05, 0.1) is 10.6 Å². The van der Waals surface area contributed by atoms with E-state index in [1.54, 1.807) is 0 Å². The van der Waals surface area contributed by atoms with E-state index in [1.165, 1.54) is 35.2 Å². The summed E-state index contributed by atoms with van der Waals surface area (Å²) in [7, 11) is -4.41. The fraction of sp³-hybridized carbons (Fsp3) is 0.333. The van der Waals surface area contributed by atoms with Crippen LogP contribution in [0.2, 0.25) is 0 Å². The van der Waals surface area contributed by atoms with Crippen LogP contribution in [0.4, 0.5) is 10.1 Å². The number of fused-ring (bicyclic) bond motifs is 1. The Kier molecular flexibility index (Phi) is 11.0. The maximum Gasteiger partial charge on any atom is 0.264 e. The largest absolute Gasteiger partial charge is 0.486 e. The third kappa shape index (κ3) is 8.45. The third-order valence-corrected chi connectivity index (χ3v) is 11.0. The number of benzene rings is 4. The van der Waals surface area contributed by atoms with Gasteiger partial charge in [0.2, 0.25) is 11.8 Å². The smallest absolute Gasteiger partial charge is 0.264 e. The predicted molar refractivity (Wildman–Crippen MR) is 189 cm³/mol. The summed E-state index contributed by atoms with van der Waals surface area (Å²) in [5.74, 6) is -0.748. The molecule has 1 saturated carbocycles. The number of ether oxygens (including phenoxy) is 2. The van der Waals surface area contributed by atoms with Crippen molar-refractivity contribution in [2.24, 2.45) is 0 Å². The molecule has 1 N–H and O–H groups in total. The molecule has 11 heteroatoms. The lowest BCUT2D eigenvalue weighted by Crippen LogP contribution is -2.55. The van der Waals surface area contributed by atoms with Gasteiger partial charge in [-0.05, 0) is 67.3 Å². The first-order valence-electron chi connectivity index (χ1n) is 17.0. The molecule has 0 saturated heterocycles. The molecule has 2 aliphatic rings. The zero-order valence-electron chi connectivity index (χ0n) is 28.1. The van der Waals surface area contributed by atoms with E-state index < -0.39 is 34.3 Å². The van der Waals surface area contributed by atoms with Crippen molar-refractivity contribution < 1.29 is 31.9 Å². The molecule has 9 nitrogen and oxygen atoms in total. The van der Waals surface area contributed by atoms with Gasteiger partial charge < -0.3 is 19.7 Å². The number of hydrogen-bond acceptors (Lipinski definition) is 6. The summed E-state index contributed by atoms with van der Waals surface area (Å²) in [5, 5.41) is 3.21. The van der Waals surface area contributed by atoms with Gasteiger partial charge in [-0.3, -0.25) is 13.9 Å². The van der Waals surface area contributed by atoms with Crippen molar-refractivity contribution in [1.82, 2.24) is 10.2 Å². The van der Waals surface area contributed by atoms with E-state index in [2.05, 4.69) is 5.32 Å². The molecule has 262 valence electrons.